The molecule has 1 aliphatic rings. The van der Waals surface area contributed by atoms with Crippen molar-refractivity contribution in [1.29, 1.82) is 0 Å². The van der Waals surface area contributed by atoms with Crippen molar-refractivity contribution in [3.63, 3.8) is 0 Å². The number of benzene rings is 1. The fourth-order valence-electron chi connectivity index (χ4n) is 2.42. The van der Waals surface area contributed by atoms with Gasteiger partial charge in [0.05, 0.1) is 11.8 Å². The molecule has 0 radical (unpaired) electrons. The highest BCUT2D eigenvalue weighted by Gasteiger charge is 2.35. The topological polar surface area (TPSA) is 23.5 Å². The number of nitrogens with zero attached hydrogens (tertiary/aromatic N) is 1. The predicted molar refractivity (Wildman–Crippen MR) is 75.5 cm³/mol. The first kappa shape index (κ1) is 12.9. The minimum atomic E-state index is -0.192. The zero-order valence-corrected chi connectivity index (χ0v) is 12.3. The summed E-state index contributed by atoms with van der Waals surface area (Å²) < 4.78 is 1.14. The third-order valence-corrected chi connectivity index (χ3v) is 4.25. The zero-order valence-electron chi connectivity index (χ0n) is 10.7. The molecule has 3 heteroatoms. The summed E-state index contributed by atoms with van der Waals surface area (Å²) in [7, 11) is 0. The molecule has 0 aliphatic carbocycles. The van der Waals surface area contributed by atoms with Crippen molar-refractivity contribution in [3.8, 4) is 0 Å². The molecule has 1 unspecified atom stereocenters. The van der Waals surface area contributed by atoms with E-state index in [4.69, 9.17) is 0 Å². The van der Waals surface area contributed by atoms with E-state index in [0.717, 1.165) is 24.0 Å². The van der Waals surface area contributed by atoms with Gasteiger partial charge in [0.15, 0.2) is 0 Å². The van der Waals surface area contributed by atoms with Crippen LogP contribution in [0.5, 0.6) is 0 Å². The highest BCUT2D eigenvalue weighted by molar-refractivity contribution is 9.10. The Morgan fingerprint density at radius 1 is 1.41 bits per heavy atom. The van der Waals surface area contributed by atoms with Crippen LogP contribution < -0.4 is 4.90 Å². The Bertz CT molecular complexity index is 417. The maximum atomic E-state index is 9.98. The average molecular weight is 298 g/mol. The summed E-state index contributed by atoms with van der Waals surface area (Å²) in [4.78, 5) is 2.36. The van der Waals surface area contributed by atoms with Crippen LogP contribution in [0, 0.1) is 12.3 Å². The van der Waals surface area contributed by atoms with E-state index >= 15 is 0 Å². The van der Waals surface area contributed by atoms with Crippen LogP contribution in [0.3, 0.4) is 0 Å². The number of hydrogen-bond donors (Lipinski definition) is 1. The Morgan fingerprint density at radius 2 is 2.12 bits per heavy atom. The van der Waals surface area contributed by atoms with E-state index < -0.39 is 0 Å². The van der Waals surface area contributed by atoms with Crippen LogP contribution in [0.25, 0.3) is 0 Å². The number of aliphatic hydroxyl groups is 1. The molecule has 2 nitrogen and oxygen atoms in total. The number of anilines is 1. The molecule has 2 rings (SSSR count). The summed E-state index contributed by atoms with van der Waals surface area (Å²) in [5.41, 5.74) is 2.45. The quantitative estimate of drug-likeness (QED) is 0.859. The molecule has 17 heavy (non-hydrogen) atoms. The maximum Gasteiger partial charge on any atom is 0.0624 e. The number of hydrogen-bond acceptors (Lipinski definition) is 2. The van der Waals surface area contributed by atoms with Gasteiger partial charge >= 0.3 is 0 Å². The lowest BCUT2D eigenvalue weighted by Crippen LogP contribution is -2.48. The van der Waals surface area contributed by atoms with Gasteiger partial charge in [0.2, 0.25) is 0 Å². The van der Waals surface area contributed by atoms with Gasteiger partial charge in [0, 0.05) is 23.0 Å². The molecule has 0 aromatic heterocycles. The SMILES string of the molecule is Cc1ccc(N2CCC(O)C(C)(C)C2)c(Br)c1. The highest BCUT2D eigenvalue weighted by atomic mass is 79.9. The minimum Gasteiger partial charge on any atom is -0.392 e. The summed E-state index contributed by atoms with van der Waals surface area (Å²) >= 11 is 3.63. The number of halogens is 1. The molecular weight excluding hydrogens is 278 g/mol. The van der Waals surface area contributed by atoms with E-state index in [2.05, 4.69) is 59.8 Å². The van der Waals surface area contributed by atoms with E-state index in [9.17, 15) is 5.11 Å². The van der Waals surface area contributed by atoms with Crippen molar-refractivity contribution in [2.24, 2.45) is 5.41 Å². The first-order valence-corrected chi connectivity index (χ1v) is 6.88. The lowest BCUT2D eigenvalue weighted by Gasteiger charge is -2.43. The zero-order chi connectivity index (χ0) is 12.6. The van der Waals surface area contributed by atoms with Gasteiger partial charge in [-0.1, -0.05) is 19.9 Å². The third kappa shape index (κ3) is 2.66. The molecule has 0 saturated carbocycles. The molecule has 1 saturated heterocycles. The van der Waals surface area contributed by atoms with E-state index in [0.29, 0.717) is 0 Å². The number of aliphatic hydroxyl groups excluding tert-OH is 1. The molecule has 94 valence electrons. The van der Waals surface area contributed by atoms with E-state index in [1.54, 1.807) is 0 Å². The van der Waals surface area contributed by atoms with Crippen LogP contribution in [-0.4, -0.2) is 24.3 Å². The van der Waals surface area contributed by atoms with Crippen molar-refractivity contribution in [2.75, 3.05) is 18.0 Å². The van der Waals surface area contributed by atoms with Gasteiger partial charge in [0.1, 0.15) is 0 Å². The fourth-order valence-corrected chi connectivity index (χ4v) is 3.16. The maximum absolute atomic E-state index is 9.98. The molecule has 1 aliphatic heterocycles. The van der Waals surface area contributed by atoms with Crippen molar-refractivity contribution in [2.45, 2.75) is 33.3 Å². The molecule has 1 N–H and O–H groups in total. The van der Waals surface area contributed by atoms with Crippen molar-refractivity contribution in [3.05, 3.63) is 28.2 Å². The third-order valence-electron chi connectivity index (χ3n) is 3.62. The van der Waals surface area contributed by atoms with Crippen LogP contribution in [0.4, 0.5) is 5.69 Å². The molecule has 1 fully saturated rings. The van der Waals surface area contributed by atoms with Crippen LogP contribution in [-0.2, 0) is 0 Å². The number of piperidine rings is 1. The van der Waals surface area contributed by atoms with E-state index in [1.165, 1.54) is 11.3 Å². The van der Waals surface area contributed by atoms with Gasteiger partial charge in [-0.15, -0.1) is 0 Å². The molecule has 1 aromatic carbocycles. The average Bonchev–Trinajstić information content (AvgIpc) is 2.22. The van der Waals surface area contributed by atoms with E-state index in [-0.39, 0.29) is 11.5 Å². The monoisotopic (exact) mass is 297 g/mol. The largest absolute Gasteiger partial charge is 0.392 e. The summed E-state index contributed by atoms with van der Waals surface area (Å²) in [6.45, 7) is 8.18. The number of aryl methyl sites for hydroxylation is 1. The summed E-state index contributed by atoms with van der Waals surface area (Å²) in [6.07, 6.45) is 0.649. The first-order chi connectivity index (χ1) is 7.90. The molecule has 0 amide bonds. The molecular formula is C14H20BrNO. The predicted octanol–water partition coefficient (Wildman–Crippen LogP) is 3.35. The fraction of sp³-hybridized carbons (Fsp3) is 0.571. The van der Waals surface area contributed by atoms with Gasteiger partial charge in [0.25, 0.3) is 0 Å². The molecule has 0 spiro atoms. The normalized spacial score (nSPS) is 23.8. The van der Waals surface area contributed by atoms with Gasteiger partial charge < -0.3 is 10.0 Å². The number of rotatable bonds is 1. The van der Waals surface area contributed by atoms with Gasteiger partial charge in [-0.2, -0.15) is 0 Å². The highest BCUT2D eigenvalue weighted by Crippen LogP contribution is 2.35. The molecule has 1 aromatic rings. The van der Waals surface area contributed by atoms with E-state index in [1.807, 2.05) is 0 Å². The summed E-state index contributed by atoms with van der Waals surface area (Å²) in [5.74, 6) is 0. The van der Waals surface area contributed by atoms with Crippen LogP contribution in [0.15, 0.2) is 22.7 Å². The molecule has 0 bridgehead atoms. The minimum absolute atomic E-state index is 0.0391. The van der Waals surface area contributed by atoms with Crippen molar-refractivity contribution in [1.82, 2.24) is 0 Å². The van der Waals surface area contributed by atoms with Gasteiger partial charge in [-0.05, 0) is 47.0 Å². The van der Waals surface area contributed by atoms with Crippen LogP contribution >= 0.6 is 15.9 Å². The molecule has 1 atom stereocenters. The van der Waals surface area contributed by atoms with Gasteiger partial charge in [-0.3, -0.25) is 0 Å². The molecule has 1 heterocycles. The van der Waals surface area contributed by atoms with Crippen molar-refractivity contribution >= 4 is 21.6 Å². The Kier molecular flexibility index (Phi) is 3.50. The van der Waals surface area contributed by atoms with Crippen molar-refractivity contribution < 1.29 is 5.11 Å². The second-order valence-electron chi connectivity index (χ2n) is 5.67. The standard InChI is InChI=1S/C14H20BrNO/c1-10-4-5-12(11(15)8-10)16-7-6-13(17)14(2,3)9-16/h4-5,8,13,17H,6-7,9H2,1-3H3. The van der Waals surface area contributed by atoms with Gasteiger partial charge in [-0.25, -0.2) is 0 Å². The summed E-state index contributed by atoms with van der Waals surface area (Å²) in [6, 6.07) is 6.44. The Labute approximate surface area is 112 Å². The lowest BCUT2D eigenvalue weighted by atomic mass is 9.81. The summed E-state index contributed by atoms with van der Waals surface area (Å²) in [5, 5.41) is 9.98. The Morgan fingerprint density at radius 3 is 2.71 bits per heavy atom. The smallest absolute Gasteiger partial charge is 0.0624 e. The lowest BCUT2D eigenvalue weighted by molar-refractivity contribution is 0.0336. The first-order valence-electron chi connectivity index (χ1n) is 6.09. The van der Waals surface area contributed by atoms with Crippen LogP contribution in [0.2, 0.25) is 0 Å². The van der Waals surface area contributed by atoms with Crippen LogP contribution in [0.1, 0.15) is 25.8 Å². The Balaban J connectivity index is 2.24. The second kappa shape index (κ2) is 4.62. The second-order valence-corrected chi connectivity index (χ2v) is 6.52. The Hall–Kier alpha value is -0.540.